The monoisotopic (exact) mass is 127 g/mol. The third-order valence-electron chi connectivity index (χ3n) is 0.958. The van der Waals surface area contributed by atoms with E-state index < -0.39 is 0 Å². The highest BCUT2D eigenvalue weighted by Gasteiger charge is 1.83. The van der Waals surface area contributed by atoms with Crippen LogP contribution in [0.2, 0.25) is 0 Å². The lowest BCUT2D eigenvalue weighted by Crippen LogP contribution is -2.11. The van der Waals surface area contributed by atoms with Gasteiger partial charge in [0, 0.05) is 6.54 Å². The lowest BCUT2D eigenvalue weighted by molar-refractivity contribution is -0.104. The molecule has 0 atom stereocenters. The molecule has 2 heteroatoms. The molecule has 0 aliphatic carbocycles. The van der Waals surface area contributed by atoms with Crippen molar-refractivity contribution in [2.75, 3.05) is 20.6 Å². The van der Waals surface area contributed by atoms with E-state index in [0.29, 0.717) is 0 Å². The van der Waals surface area contributed by atoms with Crippen molar-refractivity contribution in [3.8, 4) is 0 Å². The van der Waals surface area contributed by atoms with Gasteiger partial charge in [-0.25, -0.2) is 0 Å². The Labute approximate surface area is 56.2 Å². The summed E-state index contributed by atoms with van der Waals surface area (Å²) in [4.78, 5) is 11.8. The fourth-order valence-corrected chi connectivity index (χ4v) is 0.485. The highest BCUT2D eigenvalue weighted by molar-refractivity contribution is 5.64. The summed E-state index contributed by atoms with van der Waals surface area (Å²) in [5.41, 5.74) is 0. The molecule has 0 N–H and O–H groups in total. The summed E-state index contributed by atoms with van der Waals surface area (Å²) in [5, 5.41) is 0. The Hall–Kier alpha value is -0.630. The lowest BCUT2D eigenvalue weighted by atomic mass is 10.4. The van der Waals surface area contributed by atoms with Gasteiger partial charge in [-0.15, -0.1) is 0 Å². The van der Waals surface area contributed by atoms with Crippen LogP contribution >= 0.6 is 0 Å². The smallest absolute Gasteiger partial charge is 0.142 e. The molecule has 0 heterocycles. The van der Waals surface area contributed by atoms with E-state index in [1.54, 1.807) is 0 Å². The summed E-state index contributed by atoms with van der Waals surface area (Å²) < 4.78 is 0. The van der Waals surface area contributed by atoms with Crippen molar-refractivity contribution in [3.63, 3.8) is 0 Å². The number of carbonyl (C=O) groups excluding carboxylic acids is 1. The van der Waals surface area contributed by atoms with Gasteiger partial charge < -0.3 is 4.90 Å². The van der Waals surface area contributed by atoms with Crippen LogP contribution in [0.5, 0.6) is 0 Å². The molecule has 0 aliphatic heterocycles. The van der Waals surface area contributed by atoms with Gasteiger partial charge in [-0.05, 0) is 26.6 Å². The molecule has 0 rings (SSSR count). The molecule has 0 aromatic heterocycles. The first kappa shape index (κ1) is 8.37. The second-order valence-corrected chi connectivity index (χ2v) is 2.16. The third kappa shape index (κ3) is 7.37. The fraction of sp³-hybridized carbons (Fsp3) is 0.571. The van der Waals surface area contributed by atoms with Gasteiger partial charge in [0.25, 0.3) is 0 Å². The van der Waals surface area contributed by atoms with Gasteiger partial charge in [0.15, 0.2) is 0 Å². The zero-order chi connectivity index (χ0) is 7.11. The summed E-state index contributed by atoms with van der Waals surface area (Å²) in [6.45, 7) is 1.00. The molecule has 0 spiro atoms. The molecule has 0 unspecified atom stereocenters. The molecule has 0 bridgehead atoms. The number of aldehydes is 1. The number of hydrogen-bond acceptors (Lipinski definition) is 2. The molecule has 0 radical (unpaired) electrons. The third-order valence-corrected chi connectivity index (χ3v) is 0.958. The summed E-state index contributed by atoms with van der Waals surface area (Å²) in [7, 11) is 4.02. The molecule has 2 nitrogen and oxygen atoms in total. The molecular formula is C7H13NO. The minimum Gasteiger partial charge on any atom is -0.309 e. The first-order chi connectivity index (χ1) is 4.27. The highest BCUT2D eigenvalue weighted by atomic mass is 16.1. The predicted molar refractivity (Wildman–Crippen MR) is 38.4 cm³/mol. The number of carbonyl (C=O) groups is 1. The molecule has 0 aliphatic rings. The van der Waals surface area contributed by atoms with Crippen LogP contribution in [0.25, 0.3) is 0 Å². The second kappa shape index (κ2) is 5.51. The average molecular weight is 127 g/mol. The van der Waals surface area contributed by atoms with Crippen molar-refractivity contribution in [3.05, 3.63) is 12.2 Å². The summed E-state index contributed by atoms with van der Waals surface area (Å²) in [6.07, 6.45) is 5.15. The SMILES string of the molecule is CN(C)CC/C=C\C=O. The Morgan fingerprint density at radius 3 is 2.56 bits per heavy atom. The van der Waals surface area contributed by atoms with Crippen molar-refractivity contribution in [1.82, 2.24) is 4.90 Å². The van der Waals surface area contributed by atoms with Crippen LogP contribution in [0.1, 0.15) is 6.42 Å². The van der Waals surface area contributed by atoms with E-state index in [9.17, 15) is 4.79 Å². The maximum absolute atomic E-state index is 9.75. The van der Waals surface area contributed by atoms with Crippen molar-refractivity contribution in [2.24, 2.45) is 0 Å². The largest absolute Gasteiger partial charge is 0.309 e. The minimum atomic E-state index is 0.801. The van der Waals surface area contributed by atoms with E-state index in [-0.39, 0.29) is 0 Å². The minimum absolute atomic E-state index is 0.801. The molecule has 0 saturated carbocycles. The number of hydrogen-bond donors (Lipinski definition) is 0. The van der Waals surface area contributed by atoms with Gasteiger partial charge in [-0.1, -0.05) is 6.08 Å². The van der Waals surface area contributed by atoms with Crippen LogP contribution in [-0.2, 0) is 4.79 Å². The van der Waals surface area contributed by atoms with Crippen molar-refractivity contribution in [1.29, 1.82) is 0 Å². The van der Waals surface area contributed by atoms with Crippen LogP contribution in [0.15, 0.2) is 12.2 Å². The molecule has 52 valence electrons. The van der Waals surface area contributed by atoms with E-state index in [0.717, 1.165) is 19.3 Å². The van der Waals surface area contributed by atoms with Gasteiger partial charge >= 0.3 is 0 Å². The van der Waals surface area contributed by atoms with Gasteiger partial charge in [0.2, 0.25) is 0 Å². The molecule has 0 saturated heterocycles. The molecule has 0 fully saturated rings. The summed E-state index contributed by atoms with van der Waals surface area (Å²) in [5.74, 6) is 0. The van der Waals surface area contributed by atoms with Crippen molar-refractivity contribution >= 4 is 6.29 Å². The van der Waals surface area contributed by atoms with E-state index >= 15 is 0 Å². The summed E-state index contributed by atoms with van der Waals surface area (Å²) >= 11 is 0. The van der Waals surface area contributed by atoms with Crippen LogP contribution in [0.4, 0.5) is 0 Å². The molecular weight excluding hydrogens is 114 g/mol. The topological polar surface area (TPSA) is 20.3 Å². The zero-order valence-electron chi connectivity index (χ0n) is 6.00. The Balaban J connectivity index is 3.08. The van der Waals surface area contributed by atoms with E-state index in [1.807, 2.05) is 20.2 Å². The fourth-order valence-electron chi connectivity index (χ4n) is 0.485. The van der Waals surface area contributed by atoms with E-state index in [1.165, 1.54) is 6.08 Å². The summed E-state index contributed by atoms with van der Waals surface area (Å²) in [6, 6.07) is 0. The Morgan fingerprint density at radius 2 is 2.11 bits per heavy atom. The van der Waals surface area contributed by atoms with Crippen LogP contribution in [0, 0.1) is 0 Å². The first-order valence-corrected chi connectivity index (χ1v) is 3.02. The maximum atomic E-state index is 9.75. The van der Waals surface area contributed by atoms with Crippen molar-refractivity contribution in [2.45, 2.75) is 6.42 Å². The van der Waals surface area contributed by atoms with Gasteiger partial charge in [0.1, 0.15) is 6.29 Å². The van der Waals surface area contributed by atoms with Crippen LogP contribution in [-0.4, -0.2) is 31.8 Å². The van der Waals surface area contributed by atoms with Gasteiger partial charge in [-0.3, -0.25) is 4.79 Å². The molecule has 9 heavy (non-hydrogen) atoms. The maximum Gasteiger partial charge on any atom is 0.142 e. The second-order valence-electron chi connectivity index (χ2n) is 2.16. The average Bonchev–Trinajstić information content (AvgIpc) is 1.80. The molecule has 0 aromatic carbocycles. The number of allylic oxidation sites excluding steroid dienone is 1. The Bertz CT molecular complexity index is 97.1. The van der Waals surface area contributed by atoms with Crippen molar-refractivity contribution < 1.29 is 4.79 Å². The predicted octanol–water partition coefficient (Wildman–Crippen LogP) is 0.693. The van der Waals surface area contributed by atoms with E-state index in [2.05, 4.69) is 4.90 Å². The molecule has 0 aromatic rings. The normalized spacial score (nSPS) is 11.0. The molecule has 0 amide bonds. The zero-order valence-corrected chi connectivity index (χ0v) is 6.00. The van der Waals surface area contributed by atoms with E-state index in [4.69, 9.17) is 0 Å². The Morgan fingerprint density at radius 1 is 1.44 bits per heavy atom. The standard InChI is InChI=1S/C7H13NO/c1-8(2)6-4-3-5-7-9/h3,5,7H,4,6H2,1-2H3/b5-3-. The Kier molecular flexibility index (Phi) is 5.12. The van der Waals surface area contributed by atoms with Crippen LogP contribution < -0.4 is 0 Å². The first-order valence-electron chi connectivity index (χ1n) is 3.02. The van der Waals surface area contributed by atoms with Gasteiger partial charge in [-0.2, -0.15) is 0 Å². The lowest BCUT2D eigenvalue weighted by Gasteiger charge is -2.04. The number of nitrogens with zero attached hydrogens (tertiary/aromatic N) is 1. The van der Waals surface area contributed by atoms with Gasteiger partial charge in [0.05, 0.1) is 0 Å². The quantitative estimate of drug-likeness (QED) is 0.409. The number of rotatable bonds is 4. The van der Waals surface area contributed by atoms with Crippen LogP contribution in [0.3, 0.4) is 0 Å². The highest BCUT2D eigenvalue weighted by Crippen LogP contribution is 1.83.